The Hall–Kier alpha value is -1.94. The van der Waals surface area contributed by atoms with Crippen LogP contribution in [0.15, 0.2) is 22.9 Å². The van der Waals surface area contributed by atoms with E-state index >= 15 is 4.39 Å². The average Bonchev–Trinajstić information content (AvgIpc) is 3.29. The standard InChI is InChI=1S/C30H44FNO6S/c1-17(2)10-11-21-27(35)18(3)9-8-12-30(7)25(38-30)14-23(22(31)13-20-16-39-19(4)32-20)37-26(34)15-24(33)29(5,6)28(21)36/h10,13,16,18,21,23-25,27,33,35H,8-9,11-12,14-15H2,1-7H3/t18-,21+,23-,24-,25?,27+,30?/m0/s1. The number of aryl methyl sites for hydroxylation is 1. The zero-order valence-electron chi connectivity index (χ0n) is 24.2. The molecule has 2 aliphatic heterocycles. The van der Waals surface area contributed by atoms with Crippen molar-refractivity contribution in [2.75, 3.05) is 0 Å². The fourth-order valence-corrected chi connectivity index (χ4v) is 5.84. The lowest BCUT2D eigenvalue weighted by molar-refractivity contribution is -0.155. The van der Waals surface area contributed by atoms with E-state index in [0.717, 1.165) is 17.0 Å². The number of carbonyl (C=O) groups excluding carboxylic acids is 2. The molecular weight excluding hydrogens is 521 g/mol. The minimum absolute atomic E-state index is 0.134. The summed E-state index contributed by atoms with van der Waals surface area (Å²) >= 11 is 1.39. The number of nitrogens with zero attached hydrogens (tertiary/aromatic N) is 1. The van der Waals surface area contributed by atoms with Gasteiger partial charge in [-0.2, -0.15) is 0 Å². The van der Waals surface area contributed by atoms with Gasteiger partial charge in [0.2, 0.25) is 0 Å². The molecule has 0 aromatic carbocycles. The minimum atomic E-state index is -1.38. The summed E-state index contributed by atoms with van der Waals surface area (Å²) in [6.45, 7) is 12.7. The molecule has 2 fully saturated rings. The number of ether oxygens (including phenoxy) is 2. The van der Waals surface area contributed by atoms with Crippen molar-refractivity contribution in [3.05, 3.63) is 33.6 Å². The number of cyclic esters (lactones) is 1. The molecule has 218 valence electrons. The summed E-state index contributed by atoms with van der Waals surface area (Å²) in [6, 6.07) is 0. The lowest BCUT2D eigenvalue weighted by Crippen LogP contribution is -2.46. The number of Topliss-reactive ketones (excluding diaryl/α,β-unsaturated/α-hetero) is 1. The number of carbonyl (C=O) groups is 2. The van der Waals surface area contributed by atoms with Gasteiger partial charge < -0.3 is 19.7 Å². The number of aliphatic hydroxyl groups excluding tert-OH is 2. The molecule has 0 amide bonds. The fourth-order valence-electron chi connectivity index (χ4n) is 5.27. The zero-order valence-corrected chi connectivity index (χ0v) is 25.0. The first kappa shape index (κ1) is 31.6. The number of esters is 1. The molecule has 0 aliphatic carbocycles. The predicted octanol–water partition coefficient (Wildman–Crippen LogP) is 5.72. The maximum atomic E-state index is 15.4. The Morgan fingerprint density at radius 2 is 1.95 bits per heavy atom. The maximum absolute atomic E-state index is 15.4. The summed E-state index contributed by atoms with van der Waals surface area (Å²) in [4.78, 5) is 31.0. The Morgan fingerprint density at radius 3 is 2.56 bits per heavy atom. The van der Waals surface area contributed by atoms with Gasteiger partial charge in [0.1, 0.15) is 11.6 Å². The van der Waals surface area contributed by atoms with Gasteiger partial charge in [0.25, 0.3) is 0 Å². The number of aromatic nitrogens is 1. The Balaban J connectivity index is 1.90. The maximum Gasteiger partial charge on any atom is 0.309 e. The smallest absolute Gasteiger partial charge is 0.309 e. The molecule has 7 nitrogen and oxygen atoms in total. The van der Waals surface area contributed by atoms with Crippen LogP contribution in [0, 0.1) is 24.2 Å². The van der Waals surface area contributed by atoms with Crippen molar-refractivity contribution in [2.45, 2.75) is 117 Å². The van der Waals surface area contributed by atoms with Crippen LogP contribution in [0.1, 0.15) is 90.8 Å². The van der Waals surface area contributed by atoms with Crippen molar-refractivity contribution in [1.29, 1.82) is 0 Å². The number of thiazole rings is 1. The van der Waals surface area contributed by atoms with Crippen LogP contribution in [-0.2, 0) is 19.1 Å². The third-order valence-electron chi connectivity index (χ3n) is 8.24. The van der Waals surface area contributed by atoms with Crippen LogP contribution in [-0.4, -0.2) is 57.0 Å². The van der Waals surface area contributed by atoms with E-state index < -0.39 is 53.5 Å². The average molecular weight is 566 g/mol. The largest absolute Gasteiger partial charge is 0.455 e. The number of epoxide rings is 1. The second-order valence-corrected chi connectivity index (χ2v) is 13.3. The van der Waals surface area contributed by atoms with E-state index in [0.29, 0.717) is 25.0 Å². The second kappa shape index (κ2) is 12.7. The van der Waals surface area contributed by atoms with E-state index in [1.54, 1.807) is 19.2 Å². The van der Waals surface area contributed by atoms with Crippen LogP contribution in [0.3, 0.4) is 0 Å². The molecule has 3 heterocycles. The summed E-state index contributed by atoms with van der Waals surface area (Å²) in [7, 11) is 0. The van der Waals surface area contributed by atoms with E-state index in [1.807, 2.05) is 40.7 Å². The fraction of sp³-hybridized carbons (Fsp3) is 0.700. The molecule has 0 saturated carbocycles. The van der Waals surface area contributed by atoms with Gasteiger partial charge in [0.05, 0.1) is 46.5 Å². The molecule has 0 radical (unpaired) electrons. The molecule has 1 aromatic rings. The number of rotatable bonds is 4. The third kappa shape index (κ3) is 8.06. The van der Waals surface area contributed by atoms with Gasteiger partial charge in [-0.15, -0.1) is 11.3 Å². The number of hydrogen-bond donors (Lipinski definition) is 2. The molecule has 3 rings (SSSR count). The van der Waals surface area contributed by atoms with Gasteiger partial charge in [-0.25, -0.2) is 9.37 Å². The van der Waals surface area contributed by atoms with E-state index in [4.69, 9.17) is 9.47 Å². The molecule has 2 N–H and O–H groups in total. The number of allylic oxidation sites excluding steroid dienone is 2. The van der Waals surface area contributed by atoms with Gasteiger partial charge in [-0.3, -0.25) is 9.59 Å². The predicted molar refractivity (Wildman–Crippen MR) is 150 cm³/mol. The molecule has 0 spiro atoms. The van der Waals surface area contributed by atoms with Crippen LogP contribution in [0.2, 0.25) is 0 Å². The van der Waals surface area contributed by atoms with Crippen molar-refractivity contribution in [3.63, 3.8) is 0 Å². The first-order valence-electron chi connectivity index (χ1n) is 13.8. The van der Waals surface area contributed by atoms with Gasteiger partial charge in [0, 0.05) is 17.7 Å². The molecule has 2 saturated heterocycles. The van der Waals surface area contributed by atoms with Gasteiger partial charge >= 0.3 is 5.97 Å². The molecular formula is C30H44FNO6S. The lowest BCUT2D eigenvalue weighted by Gasteiger charge is -2.35. The van der Waals surface area contributed by atoms with Crippen LogP contribution in [0.5, 0.6) is 0 Å². The Labute approximate surface area is 235 Å². The summed E-state index contributed by atoms with van der Waals surface area (Å²) in [5.41, 5.74) is -0.352. The Kier molecular flexibility index (Phi) is 10.3. The molecule has 7 atom stereocenters. The number of fused-ring (bicyclic) bond motifs is 1. The minimum Gasteiger partial charge on any atom is -0.455 e. The van der Waals surface area contributed by atoms with Crippen molar-refractivity contribution >= 4 is 29.2 Å². The molecule has 1 aromatic heterocycles. The van der Waals surface area contributed by atoms with Gasteiger partial charge in [-0.05, 0) is 59.0 Å². The van der Waals surface area contributed by atoms with Crippen molar-refractivity contribution in [2.24, 2.45) is 17.3 Å². The van der Waals surface area contributed by atoms with Crippen molar-refractivity contribution in [1.82, 2.24) is 4.98 Å². The van der Waals surface area contributed by atoms with Crippen molar-refractivity contribution in [3.8, 4) is 0 Å². The highest BCUT2D eigenvalue weighted by molar-refractivity contribution is 7.09. The van der Waals surface area contributed by atoms with Crippen molar-refractivity contribution < 1.29 is 33.7 Å². The number of halogens is 1. The highest BCUT2D eigenvalue weighted by atomic mass is 32.1. The van der Waals surface area contributed by atoms with E-state index in [-0.39, 0.29) is 24.2 Å². The second-order valence-electron chi connectivity index (χ2n) is 12.2. The molecule has 9 heteroatoms. The monoisotopic (exact) mass is 565 g/mol. The molecule has 2 aliphatic rings. The summed E-state index contributed by atoms with van der Waals surface area (Å²) < 4.78 is 26.9. The zero-order chi connectivity index (χ0) is 29.1. The number of ketones is 1. The highest BCUT2D eigenvalue weighted by Gasteiger charge is 2.53. The van der Waals surface area contributed by atoms with E-state index in [1.165, 1.54) is 17.4 Å². The van der Waals surface area contributed by atoms with Gasteiger partial charge in [-0.1, -0.05) is 38.8 Å². The summed E-state index contributed by atoms with van der Waals surface area (Å²) in [6.07, 6.45) is 1.53. The Morgan fingerprint density at radius 1 is 1.26 bits per heavy atom. The van der Waals surface area contributed by atoms with Gasteiger partial charge in [0.15, 0.2) is 6.10 Å². The lowest BCUT2D eigenvalue weighted by atomic mass is 9.71. The quantitative estimate of drug-likeness (QED) is 0.273. The topological polar surface area (TPSA) is 109 Å². The molecule has 2 unspecified atom stereocenters. The normalized spacial score (nSPS) is 34.7. The first-order valence-corrected chi connectivity index (χ1v) is 14.7. The van der Waals surface area contributed by atoms with Crippen LogP contribution in [0.25, 0.3) is 6.08 Å². The van der Waals surface area contributed by atoms with Crippen LogP contribution in [0.4, 0.5) is 4.39 Å². The number of aliphatic hydroxyl groups is 2. The van der Waals surface area contributed by atoms with Crippen LogP contribution < -0.4 is 0 Å². The third-order valence-corrected chi connectivity index (χ3v) is 9.03. The SMILES string of the molecule is CC(C)=CC[C@H]1C(=O)C(C)(C)[C@@H](O)CC(=O)O[C@H](C(F)=Cc2csc(C)n2)CC2OC2(C)CCC[C@H](C)[C@H]1O. The molecule has 39 heavy (non-hydrogen) atoms. The van der Waals surface area contributed by atoms with E-state index in [2.05, 4.69) is 4.98 Å². The van der Waals surface area contributed by atoms with E-state index in [9.17, 15) is 19.8 Å². The summed E-state index contributed by atoms with van der Waals surface area (Å²) in [5.74, 6) is -2.66. The Bertz CT molecular complexity index is 1090. The summed E-state index contributed by atoms with van der Waals surface area (Å²) in [5, 5.41) is 24.8. The highest BCUT2D eigenvalue weighted by Crippen LogP contribution is 2.45. The first-order chi connectivity index (χ1) is 18.1. The number of hydrogen-bond acceptors (Lipinski definition) is 8. The molecule has 0 bridgehead atoms. The van der Waals surface area contributed by atoms with Crippen LogP contribution >= 0.6 is 11.3 Å².